The van der Waals surface area contributed by atoms with Gasteiger partial charge in [-0.2, -0.15) is 0 Å². The summed E-state index contributed by atoms with van der Waals surface area (Å²) in [5, 5.41) is 0.614. The molecule has 1 unspecified atom stereocenters. The van der Waals surface area contributed by atoms with Gasteiger partial charge in [0.05, 0.1) is 5.75 Å². The molecule has 2 amide bonds. The lowest BCUT2D eigenvalue weighted by molar-refractivity contribution is -0.134. The summed E-state index contributed by atoms with van der Waals surface area (Å²) in [5.74, 6) is 1.06. The molecule has 1 aromatic carbocycles. The van der Waals surface area contributed by atoms with Crippen molar-refractivity contribution in [3.05, 3.63) is 34.9 Å². The Hall–Kier alpha value is -1.20. The highest BCUT2D eigenvalue weighted by atomic mass is 35.5. The first kappa shape index (κ1) is 19.1. The number of rotatable bonds is 7. The van der Waals surface area contributed by atoms with Gasteiger partial charge in [0.2, 0.25) is 11.8 Å². The molecule has 1 atom stereocenters. The fraction of sp³-hybridized carbons (Fsp3) is 0.556. The number of benzene rings is 1. The van der Waals surface area contributed by atoms with Crippen LogP contribution in [0.4, 0.5) is 0 Å². The van der Waals surface area contributed by atoms with Gasteiger partial charge in [-0.05, 0) is 18.9 Å². The predicted molar refractivity (Wildman–Crippen MR) is 100 cm³/mol. The molecule has 1 aliphatic rings. The third-order valence-corrected chi connectivity index (χ3v) is 5.65. The minimum atomic E-state index is -0.0647. The molecule has 0 bridgehead atoms. The molecular weight excluding hydrogens is 344 g/mol. The maximum Gasteiger partial charge on any atom is 0.233 e. The van der Waals surface area contributed by atoms with Crippen LogP contribution in [0, 0.1) is 5.92 Å². The summed E-state index contributed by atoms with van der Waals surface area (Å²) in [7, 11) is 0. The van der Waals surface area contributed by atoms with Crippen molar-refractivity contribution in [2.75, 3.05) is 25.4 Å². The van der Waals surface area contributed by atoms with Crippen LogP contribution in [-0.4, -0.2) is 47.0 Å². The summed E-state index contributed by atoms with van der Waals surface area (Å²) >= 11 is 7.89. The molecule has 0 aliphatic carbocycles. The van der Waals surface area contributed by atoms with Crippen LogP contribution in [0.15, 0.2) is 24.3 Å². The summed E-state index contributed by atoms with van der Waals surface area (Å²) < 4.78 is 0. The molecule has 1 saturated heterocycles. The Labute approximate surface area is 153 Å². The smallest absolute Gasteiger partial charge is 0.233 e. The predicted octanol–water partition coefficient (Wildman–Crippen LogP) is 3.81. The lowest BCUT2D eigenvalue weighted by Gasteiger charge is -2.29. The van der Waals surface area contributed by atoms with Crippen molar-refractivity contribution in [3.8, 4) is 0 Å². The standard InChI is InChI=1S/C18H25ClN2O2S/c1-4-20(16(22)11-13(2)3)9-10-21-17(23)12-24-18(21)14-7-5-6-8-15(14)19/h5-8,13,18H,4,9-12H2,1-3H3. The summed E-state index contributed by atoms with van der Waals surface area (Å²) in [6.45, 7) is 7.83. The van der Waals surface area contributed by atoms with Crippen molar-refractivity contribution in [1.82, 2.24) is 9.80 Å². The lowest BCUT2D eigenvalue weighted by Crippen LogP contribution is -2.40. The molecule has 0 spiro atoms. The Morgan fingerprint density at radius 2 is 2.12 bits per heavy atom. The van der Waals surface area contributed by atoms with Crippen molar-refractivity contribution in [2.24, 2.45) is 5.92 Å². The normalized spacial score (nSPS) is 17.6. The van der Waals surface area contributed by atoms with E-state index in [0.717, 1.165) is 5.56 Å². The van der Waals surface area contributed by atoms with Crippen molar-refractivity contribution in [3.63, 3.8) is 0 Å². The average Bonchev–Trinajstić information content (AvgIpc) is 2.89. The summed E-state index contributed by atoms with van der Waals surface area (Å²) in [5.41, 5.74) is 0.964. The van der Waals surface area contributed by atoms with E-state index in [-0.39, 0.29) is 17.2 Å². The first-order valence-corrected chi connectivity index (χ1v) is 9.80. The van der Waals surface area contributed by atoms with E-state index in [1.165, 1.54) is 0 Å². The molecule has 0 N–H and O–H groups in total. The molecule has 0 saturated carbocycles. The van der Waals surface area contributed by atoms with Gasteiger partial charge in [0.25, 0.3) is 0 Å². The molecule has 6 heteroatoms. The van der Waals surface area contributed by atoms with Crippen LogP contribution in [-0.2, 0) is 9.59 Å². The number of hydrogen-bond acceptors (Lipinski definition) is 3. The van der Waals surface area contributed by atoms with Gasteiger partial charge >= 0.3 is 0 Å². The SMILES string of the molecule is CCN(CCN1C(=O)CSC1c1ccccc1Cl)C(=O)CC(C)C. The zero-order chi connectivity index (χ0) is 17.7. The van der Waals surface area contributed by atoms with Crippen molar-refractivity contribution < 1.29 is 9.59 Å². The fourth-order valence-corrected chi connectivity index (χ4v) is 4.35. The van der Waals surface area contributed by atoms with Crippen LogP contribution in [0.3, 0.4) is 0 Å². The lowest BCUT2D eigenvalue weighted by atomic mass is 10.1. The van der Waals surface area contributed by atoms with Crippen LogP contribution in [0.25, 0.3) is 0 Å². The second kappa shape index (κ2) is 8.77. The quantitative estimate of drug-likeness (QED) is 0.734. The van der Waals surface area contributed by atoms with Gasteiger partial charge in [-0.25, -0.2) is 0 Å². The molecule has 1 fully saturated rings. The zero-order valence-electron chi connectivity index (χ0n) is 14.5. The summed E-state index contributed by atoms with van der Waals surface area (Å²) in [4.78, 5) is 28.2. The van der Waals surface area contributed by atoms with Gasteiger partial charge in [-0.1, -0.05) is 43.6 Å². The van der Waals surface area contributed by atoms with Crippen LogP contribution >= 0.6 is 23.4 Å². The Morgan fingerprint density at radius 3 is 2.75 bits per heavy atom. The van der Waals surface area contributed by atoms with E-state index in [1.807, 2.05) is 54.8 Å². The number of thioether (sulfide) groups is 1. The highest BCUT2D eigenvalue weighted by Gasteiger charge is 2.34. The highest BCUT2D eigenvalue weighted by molar-refractivity contribution is 8.00. The van der Waals surface area contributed by atoms with Crippen LogP contribution in [0.2, 0.25) is 5.02 Å². The molecule has 2 rings (SSSR count). The van der Waals surface area contributed by atoms with Crippen molar-refractivity contribution >= 4 is 35.2 Å². The van der Waals surface area contributed by atoms with E-state index in [1.54, 1.807) is 11.8 Å². The maximum atomic E-state index is 12.3. The van der Waals surface area contributed by atoms with Crippen LogP contribution < -0.4 is 0 Å². The number of nitrogens with zero attached hydrogens (tertiary/aromatic N) is 2. The number of hydrogen-bond donors (Lipinski definition) is 0. The molecule has 1 aromatic rings. The second-order valence-electron chi connectivity index (χ2n) is 6.34. The molecule has 1 aliphatic heterocycles. The van der Waals surface area contributed by atoms with E-state index in [2.05, 4.69) is 0 Å². The van der Waals surface area contributed by atoms with E-state index < -0.39 is 0 Å². The van der Waals surface area contributed by atoms with Crippen molar-refractivity contribution in [2.45, 2.75) is 32.6 Å². The third kappa shape index (κ3) is 4.67. The maximum absolute atomic E-state index is 12.3. The van der Waals surface area contributed by atoms with Gasteiger partial charge in [-0.15, -0.1) is 11.8 Å². The molecule has 4 nitrogen and oxygen atoms in total. The van der Waals surface area contributed by atoms with E-state index >= 15 is 0 Å². The molecule has 1 heterocycles. The molecule has 24 heavy (non-hydrogen) atoms. The zero-order valence-corrected chi connectivity index (χ0v) is 16.1. The molecule has 0 radical (unpaired) electrons. The minimum Gasteiger partial charge on any atom is -0.341 e. The minimum absolute atomic E-state index is 0.0647. The van der Waals surface area contributed by atoms with Gasteiger partial charge in [0.15, 0.2) is 0 Å². The van der Waals surface area contributed by atoms with E-state index in [0.29, 0.717) is 42.7 Å². The highest BCUT2D eigenvalue weighted by Crippen LogP contribution is 2.41. The van der Waals surface area contributed by atoms with E-state index in [9.17, 15) is 9.59 Å². The van der Waals surface area contributed by atoms with Gasteiger partial charge in [-0.3, -0.25) is 9.59 Å². The molecule has 0 aromatic heterocycles. The van der Waals surface area contributed by atoms with E-state index in [4.69, 9.17) is 11.6 Å². The first-order chi connectivity index (χ1) is 11.4. The number of amides is 2. The van der Waals surface area contributed by atoms with Gasteiger partial charge in [0, 0.05) is 36.6 Å². The topological polar surface area (TPSA) is 40.6 Å². The number of carbonyl (C=O) groups excluding carboxylic acids is 2. The number of likely N-dealkylation sites (N-methyl/N-ethyl adjacent to an activating group) is 1. The Bertz CT molecular complexity index is 594. The third-order valence-electron chi connectivity index (χ3n) is 4.07. The largest absolute Gasteiger partial charge is 0.341 e. The van der Waals surface area contributed by atoms with Crippen LogP contribution in [0.5, 0.6) is 0 Å². The first-order valence-electron chi connectivity index (χ1n) is 8.37. The monoisotopic (exact) mass is 368 g/mol. The van der Waals surface area contributed by atoms with Gasteiger partial charge in [0.1, 0.15) is 5.37 Å². The van der Waals surface area contributed by atoms with Gasteiger partial charge < -0.3 is 9.80 Å². The molecular formula is C18H25ClN2O2S. The van der Waals surface area contributed by atoms with Crippen LogP contribution in [0.1, 0.15) is 38.1 Å². The molecule has 132 valence electrons. The summed E-state index contributed by atoms with van der Waals surface area (Å²) in [6, 6.07) is 7.64. The number of carbonyl (C=O) groups is 2. The number of halogens is 1. The average molecular weight is 369 g/mol. The summed E-state index contributed by atoms with van der Waals surface area (Å²) in [6.07, 6.45) is 0.546. The second-order valence-corrected chi connectivity index (χ2v) is 7.82. The van der Waals surface area contributed by atoms with Crippen molar-refractivity contribution in [1.29, 1.82) is 0 Å². The Morgan fingerprint density at radius 1 is 1.42 bits per heavy atom. The fourth-order valence-electron chi connectivity index (χ4n) is 2.79. The Kier molecular flexibility index (Phi) is 6.99. The Balaban J connectivity index is 2.05.